The van der Waals surface area contributed by atoms with E-state index in [1.54, 1.807) is 24.4 Å². The molecule has 14 nitrogen and oxygen atoms in total. The van der Waals surface area contributed by atoms with Crippen molar-refractivity contribution < 1.29 is 46.7 Å². The predicted octanol–water partition coefficient (Wildman–Crippen LogP) is 5.02. The summed E-state index contributed by atoms with van der Waals surface area (Å²) in [6.07, 6.45) is 1.08. The van der Waals surface area contributed by atoms with E-state index in [2.05, 4.69) is 10.3 Å². The van der Waals surface area contributed by atoms with Crippen molar-refractivity contribution in [3.05, 3.63) is 84.4 Å². The van der Waals surface area contributed by atoms with E-state index in [1.165, 1.54) is 16.4 Å². The van der Waals surface area contributed by atoms with E-state index in [9.17, 15) is 23.6 Å². The number of benzene rings is 3. The minimum atomic E-state index is -4.23. The van der Waals surface area contributed by atoms with Crippen LogP contribution in [-0.4, -0.2) is 87.5 Å². The number of carbonyl (C=O) groups is 1. The topological polar surface area (TPSA) is 178 Å². The van der Waals surface area contributed by atoms with E-state index >= 15 is 0 Å². The monoisotopic (exact) mass is 762 g/mol. The van der Waals surface area contributed by atoms with Gasteiger partial charge in [0.15, 0.2) is 17.8 Å². The minimum Gasteiger partial charge on any atom is -0.454 e. The molecule has 6 rings (SSSR count). The van der Waals surface area contributed by atoms with Gasteiger partial charge in [0.05, 0.1) is 36.2 Å². The van der Waals surface area contributed by atoms with Crippen molar-refractivity contribution in [2.45, 2.75) is 75.4 Å². The number of aliphatic hydroxyl groups excluding tert-OH is 1. The number of rotatable bonds is 16. The van der Waals surface area contributed by atoms with Crippen molar-refractivity contribution in [2.75, 3.05) is 33.1 Å². The molecule has 5 atom stereocenters. The van der Waals surface area contributed by atoms with Crippen LogP contribution < -0.4 is 19.5 Å². The van der Waals surface area contributed by atoms with Crippen LogP contribution in [0, 0.1) is 22.8 Å². The summed E-state index contributed by atoms with van der Waals surface area (Å²) < 4.78 is 63.8. The Balaban J connectivity index is 1.20. The van der Waals surface area contributed by atoms with Crippen LogP contribution in [0.5, 0.6) is 17.2 Å². The molecule has 15 heteroatoms. The molecule has 2 saturated heterocycles. The molecule has 3 aromatic carbocycles. The molecule has 0 aliphatic carbocycles. The molecule has 2 N–H and O–H groups in total. The first-order valence-corrected chi connectivity index (χ1v) is 19.5. The van der Waals surface area contributed by atoms with Crippen LogP contribution >= 0.6 is 0 Å². The number of aliphatic hydroxyl groups is 1. The summed E-state index contributed by atoms with van der Waals surface area (Å²) in [6.45, 7) is 4.23. The van der Waals surface area contributed by atoms with Gasteiger partial charge in [0, 0.05) is 25.6 Å². The Morgan fingerprint density at radius 1 is 1.07 bits per heavy atom. The summed E-state index contributed by atoms with van der Waals surface area (Å²) in [5.74, 6) is 1.46. The third-order valence-corrected chi connectivity index (χ3v) is 11.5. The Labute approximate surface area is 315 Å². The Morgan fingerprint density at radius 3 is 2.57 bits per heavy atom. The van der Waals surface area contributed by atoms with Gasteiger partial charge in [-0.3, -0.25) is 0 Å². The number of amides is 1. The summed E-state index contributed by atoms with van der Waals surface area (Å²) >= 11 is 0. The molecule has 0 spiro atoms. The highest BCUT2D eigenvalue weighted by Gasteiger charge is 2.44. The van der Waals surface area contributed by atoms with Crippen molar-refractivity contribution in [1.82, 2.24) is 9.62 Å². The number of carbonyl (C=O) groups excluding carboxylic acids is 1. The molecule has 1 amide bonds. The van der Waals surface area contributed by atoms with Crippen molar-refractivity contribution >= 4 is 22.0 Å². The third kappa shape index (κ3) is 10.1. The molecule has 54 heavy (non-hydrogen) atoms. The van der Waals surface area contributed by atoms with Crippen molar-refractivity contribution in [3.63, 3.8) is 0 Å². The number of hydrogen-bond donors (Lipinski definition) is 2. The van der Waals surface area contributed by atoms with E-state index in [-0.39, 0.29) is 49.6 Å². The maximum atomic E-state index is 14.5. The third-order valence-electron chi connectivity index (χ3n) is 9.68. The number of para-hydroxylation sites is 1. The second-order valence-corrected chi connectivity index (χ2v) is 16.3. The minimum absolute atomic E-state index is 0.0100. The van der Waals surface area contributed by atoms with E-state index in [1.807, 2.05) is 62.4 Å². The quantitative estimate of drug-likeness (QED) is 0.114. The van der Waals surface area contributed by atoms with Crippen LogP contribution in [0.1, 0.15) is 45.1 Å². The van der Waals surface area contributed by atoms with Crippen molar-refractivity contribution in [3.8, 4) is 23.4 Å². The van der Waals surface area contributed by atoms with Gasteiger partial charge in [-0.15, -0.1) is 4.99 Å². The van der Waals surface area contributed by atoms with Crippen LogP contribution in [0.15, 0.2) is 88.8 Å². The lowest BCUT2D eigenvalue weighted by atomic mass is 9.87. The number of sulfonamides is 1. The number of aliphatic imine (C=N–C) groups is 1. The summed E-state index contributed by atoms with van der Waals surface area (Å²) in [4.78, 5) is 17.2. The number of hydrogen-bond acceptors (Lipinski definition) is 12. The van der Waals surface area contributed by atoms with E-state index in [4.69, 9.17) is 28.4 Å². The molecule has 3 aliphatic heterocycles. The van der Waals surface area contributed by atoms with Gasteiger partial charge in [-0.2, -0.15) is 9.57 Å². The summed E-state index contributed by atoms with van der Waals surface area (Å²) in [5.41, 5.74) is 0.200. The number of fused-ring (bicyclic) bond motifs is 2. The number of nitriles is 1. The Morgan fingerprint density at radius 2 is 1.81 bits per heavy atom. The average molecular weight is 763 g/mol. The Hall–Kier alpha value is -4.72. The molecule has 0 aromatic heterocycles. The summed E-state index contributed by atoms with van der Waals surface area (Å²) in [5, 5.41) is 24.0. The smallest absolute Gasteiger partial charge is 0.407 e. The summed E-state index contributed by atoms with van der Waals surface area (Å²) in [7, 11) is -4.23. The first-order valence-electron chi connectivity index (χ1n) is 18.0. The lowest BCUT2D eigenvalue weighted by Crippen LogP contribution is -2.52. The highest BCUT2D eigenvalue weighted by Crippen LogP contribution is 2.36. The molecule has 0 unspecified atom stereocenters. The maximum absolute atomic E-state index is 14.5. The van der Waals surface area contributed by atoms with Gasteiger partial charge in [-0.25, -0.2) is 13.2 Å². The standard InChI is InChI=1S/C39H46N4O10S/c1-39(2,18-9-14-36(41-25-40)52-28-12-7-4-8-13-28)24-43(54(46,47)29-15-16-33-34(21-29)51-26-50-33)22-32(44)31(20-27-10-5-3-6-11-27)42-38(45)53-35-23-49-37-30(35)17-19-48-37/h3-8,10-13,15-16,21,30-32,35,37,44H,9,14,17-20,22-24,26H2,1-2H3,(H,42,45)/t30-,31-,32+,35-,37+/m0/s1. The van der Waals surface area contributed by atoms with Crippen molar-refractivity contribution in [2.24, 2.45) is 16.3 Å². The molecular weight excluding hydrogens is 717 g/mol. The van der Waals surface area contributed by atoms with Gasteiger partial charge in [0.2, 0.25) is 28.9 Å². The highest BCUT2D eigenvalue weighted by atomic mass is 32.2. The molecule has 3 aliphatic rings. The van der Waals surface area contributed by atoms with Crippen LogP contribution in [0.2, 0.25) is 0 Å². The van der Waals surface area contributed by atoms with Crippen LogP contribution in [-0.2, 0) is 30.7 Å². The number of ether oxygens (including phenoxy) is 6. The molecule has 0 saturated carbocycles. The average Bonchev–Trinajstić information content (AvgIpc) is 3.91. The fourth-order valence-corrected chi connectivity index (χ4v) is 8.54. The second kappa shape index (κ2) is 17.6. The Bertz CT molecular complexity index is 1910. The van der Waals surface area contributed by atoms with Crippen LogP contribution in [0.3, 0.4) is 0 Å². The zero-order chi connectivity index (χ0) is 38.1. The Kier molecular flexibility index (Phi) is 12.7. The van der Waals surface area contributed by atoms with Crippen LogP contribution in [0.25, 0.3) is 0 Å². The first-order chi connectivity index (χ1) is 26.0. The van der Waals surface area contributed by atoms with E-state index in [0.29, 0.717) is 49.5 Å². The molecule has 2 fully saturated rings. The predicted molar refractivity (Wildman–Crippen MR) is 196 cm³/mol. The molecule has 288 valence electrons. The molecule has 3 heterocycles. The van der Waals surface area contributed by atoms with E-state index in [0.717, 1.165) is 5.56 Å². The fraction of sp³-hybridized carbons (Fsp3) is 0.462. The van der Waals surface area contributed by atoms with Crippen molar-refractivity contribution in [1.29, 1.82) is 5.26 Å². The molecule has 3 aromatic rings. The lowest BCUT2D eigenvalue weighted by Gasteiger charge is -2.35. The summed E-state index contributed by atoms with van der Waals surface area (Å²) in [6, 6.07) is 21.8. The van der Waals surface area contributed by atoms with Gasteiger partial charge in [0.25, 0.3) is 0 Å². The molecular formula is C39H46N4O10S. The van der Waals surface area contributed by atoms with Gasteiger partial charge >= 0.3 is 6.09 Å². The second-order valence-electron chi connectivity index (χ2n) is 14.3. The number of alkyl carbamates (subject to hydrolysis) is 1. The lowest BCUT2D eigenvalue weighted by molar-refractivity contribution is -0.0907. The van der Waals surface area contributed by atoms with Gasteiger partial charge in [0.1, 0.15) is 11.9 Å². The molecule has 0 bridgehead atoms. The van der Waals surface area contributed by atoms with Gasteiger partial charge in [-0.1, -0.05) is 62.4 Å². The van der Waals surface area contributed by atoms with E-state index < -0.39 is 46.1 Å². The zero-order valence-electron chi connectivity index (χ0n) is 30.3. The number of nitrogens with zero attached hydrogens (tertiary/aromatic N) is 3. The highest BCUT2D eigenvalue weighted by molar-refractivity contribution is 7.89. The van der Waals surface area contributed by atoms with Crippen LogP contribution in [0.4, 0.5) is 4.79 Å². The normalized spacial score (nSPS) is 20.6. The van der Waals surface area contributed by atoms with Gasteiger partial charge in [-0.05, 0) is 60.9 Å². The number of nitrogens with one attached hydrogen (secondary N) is 1. The fourth-order valence-electron chi connectivity index (χ4n) is 6.88. The SMILES string of the molecule is CC(C)(CCCC(=NC#N)Oc1ccccc1)CN(C[C@@H](O)[C@H](Cc1ccccc1)NC(=O)O[C@H]1CO[C@H]2OCC[C@H]21)S(=O)(=O)c1ccc2c(c1)OCO2. The van der Waals surface area contributed by atoms with Gasteiger partial charge < -0.3 is 38.8 Å². The zero-order valence-corrected chi connectivity index (χ0v) is 31.2. The first kappa shape index (κ1) is 39.0. The maximum Gasteiger partial charge on any atom is 0.407 e. The molecule has 0 radical (unpaired) electrons. The largest absolute Gasteiger partial charge is 0.454 e.